The van der Waals surface area contributed by atoms with Gasteiger partial charge in [-0.25, -0.2) is 8.42 Å². The molecule has 29 heavy (non-hydrogen) atoms. The average Bonchev–Trinajstić information content (AvgIpc) is 2.73. The Morgan fingerprint density at radius 3 is 1.97 bits per heavy atom. The topological polar surface area (TPSA) is 77.4 Å². The van der Waals surface area contributed by atoms with E-state index < -0.39 is 15.0 Å². The zero-order chi connectivity index (χ0) is 21.5. The molecule has 5 nitrogen and oxygen atoms in total. The molecular weight excluding hydrogens is 386 g/mol. The number of fused-ring (bicyclic) bond motifs is 1. The summed E-state index contributed by atoms with van der Waals surface area (Å²) < 4.78 is 33.5. The fourth-order valence-corrected chi connectivity index (χ4v) is 3.91. The van der Waals surface area contributed by atoms with Crippen LogP contribution in [0.4, 0.5) is 0 Å². The average molecular weight is 416 g/mol. The van der Waals surface area contributed by atoms with E-state index in [2.05, 4.69) is 51.1 Å². The first-order valence-electron chi connectivity index (χ1n) is 9.81. The third-order valence-electron chi connectivity index (χ3n) is 5.48. The van der Waals surface area contributed by atoms with Gasteiger partial charge in [-0.15, -0.1) is 0 Å². The fourth-order valence-electron chi connectivity index (χ4n) is 3.38. The van der Waals surface area contributed by atoms with Gasteiger partial charge in [-0.1, -0.05) is 54.6 Å². The van der Waals surface area contributed by atoms with Crippen LogP contribution in [0.15, 0.2) is 71.6 Å². The Morgan fingerprint density at radius 2 is 1.41 bits per heavy atom. The minimum absolute atomic E-state index is 0.206. The number of hydrogen-bond acceptors (Lipinski definition) is 4. The molecular formula is C23H29NO4S. The normalized spacial score (nSPS) is 11.7. The fraction of sp³-hybridized carbons (Fsp3) is 0.304. The molecule has 3 aromatic carbocycles. The van der Waals surface area contributed by atoms with Crippen molar-refractivity contribution < 1.29 is 22.6 Å². The molecule has 0 fully saturated rings. The summed E-state index contributed by atoms with van der Waals surface area (Å²) in [4.78, 5) is -0.418. The number of aromatic hydroxyl groups is 1. The highest BCUT2D eigenvalue weighted by molar-refractivity contribution is 7.85. The second-order valence-electron chi connectivity index (χ2n) is 7.05. The first-order chi connectivity index (χ1) is 13.7. The molecule has 0 aliphatic rings. The van der Waals surface area contributed by atoms with Gasteiger partial charge in [0, 0.05) is 10.9 Å². The van der Waals surface area contributed by atoms with Crippen LogP contribution in [0.2, 0.25) is 0 Å². The van der Waals surface area contributed by atoms with Crippen molar-refractivity contribution in [2.45, 2.75) is 32.2 Å². The molecule has 6 heteroatoms. The predicted octanol–water partition coefficient (Wildman–Crippen LogP) is 4.51. The molecule has 0 aromatic heterocycles. The SMILES string of the molecule is CC[N+](CC)(CC)Cc1ccccc1.O=S(=O)([O-])c1cc(O)c2ccccc2c1. The van der Waals surface area contributed by atoms with E-state index in [0.29, 0.717) is 10.8 Å². The third kappa shape index (κ3) is 6.03. The van der Waals surface area contributed by atoms with Crippen molar-refractivity contribution in [3.8, 4) is 5.75 Å². The van der Waals surface area contributed by atoms with Gasteiger partial charge in [0.15, 0.2) is 0 Å². The molecule has 0 bridgehead atoms. The van der Waals surface area contributed by atoms with Crippen LogP contribution in [0, 0.1) is 0 Å². The number of nitrogens with zero attached hydrogens (tertiary/aromatic N) is 1. The highest BCUT2D eigenvalue weighted by atomic mass is 32.2. The van der Waals surface area contributed by atoms with Gasteiger partial charge in [0.05, 0.1) is 24.5 Å². The zero-order valence-corrected chi connectivity index (χ0v) is 18.0. The Balaban J connectivity index is 0.000000208. The first-order valence-corrected chi connectivity index (χ1v) is 11.2. The van der Waals surface area contributed by atoms with Crippen LogP contribution in [0.3, 0.4) is 0 Å². The standard InChI is InChI=1S/C13H22N.C10H8O4S/c1-4-14(5-2,6-3)12-13-10-8-7-9-11-13;11-10-6-8(15(12,13)14)5-7-3-1-2-4-9(7)10/h7-11H,4-6,12H2,1-3H3;1-6,11H,(H,12,13,14)/q+1;/p-1. The van der Waals surface area contributed by atoms with Crippen molar-refractivity contribution in [3.05, 3.63) is 72.3 Å². The second-order valence-corrected chi connectivity index (χ2v) is 8.43. The van der Waals surface area contributed by atoms with Gasteiger partial charge in [-0.3, -0.25) is 0 Å². The molecule has 156 valence electrons. The van der Waals surface area contributed by atoms with Crippen molar-refractivity contribution in [2.24, 2.45) is 0 Å². The Morgan fingerprint density at radius 1 is 0.862 bits per heavy atom. The van der Waals surface area contributed by atoms with E-state index in [1.165, 1.54) is 42.3 Å². The Kier molecular flexibility index (Phi) is 7.79. The van der Waals surface area contributed by atoms with Crippen molar-refractivity contribution in [1.29, 1.82) is 0 Å². The number of phenols is 1. The van der Waals surface area contributed by atoms with Crippen molar-refractivity contribution >= 4 is 20.9 Å². The van der Waals surface area contributed by atoms with E-state index in [-0.39, 0.29) is 5.75 Å². The van der Waals surface area contributed by atoms with Crippen LogP contribution in [0.25, 0.3) is 10.8 Å². The molecule has 0 amide bonds. The second kappa shape index (κ2) is 9.87. The van der Waals surface area contributed by atoms with Gasteiger partial charge in [0.1, 0.15) is 22.4 Å². The molecule has 0 spiro atoms. The summed E-state index contributed by atoms with van der Waals surface area (Å²) >= 11 is 0. The lowest BCUT2D eigenvalue weighted by Gasteiger charge is -2.35. The van der Waals surface area contributed by atoms with E-state index in [9.17, 15) is 18.1 Å². The van der Waals surface area contributed by atoms with Crippen LogP contribution in [0.1, 0.15) is 26.3 Å². The zero-order valence-electron chi connectivity index (χ0n) is 17.2. The Bertz CT molecular complexity index is 1020. The first kappa shape index (κ1) is 22.9. The van der Waals surface area contributed by atoms with Crippen LogP contribution in [-0.4, -0.2) is 42.2 Å². The van der Waals surface area contributed by atoms with Gasteiger partial charge >= 0.3 is 0 Å². The van der Waals surface area contributed by atoms with Crippen LogP contribution >= 0.6 is 0 Å². The summed E-state index contributed by atoms with van der Waals surface area (Å²) in [6, 6.07) is 19.7. The maximum absolute atomic E-state index is 10.8. The van der Waals surface area contributed by atoms with E-state index in [1.54, 1.807) is 24.3 Å². The molecule has 0 saturated heterocycles. The van der Waals surface area contributed by atoms with Crippen LogP contribution < -0.4 is 0 Å². The summed E-state index contributed by atoms with van der Waals surface area (Å²) in [5.74, 6) is -0.206. The van der Waals surface area contributed by atoms with Crippen LogP contribution in [0.5, 0.6) is 5.75 Å². The maximum Gasteiger partial charge on any atom is 0.124 e. The third-order valence-corrected chi connectivity index (χ3v) is 6.29. The van der Waals surface area contributed by atoms with Gasteiger partial charge < -0.3 is 14.1 Å². The molecule has 1 N–H and O–H groups in total. The molecule has 0 unspecified atom stereocenters. The summed E-state index contributed by atoms with van der Waals surface area (Å²) in [5.41, 5.74) is 1.46. The highest BCUT2D eigenvalue weighted by Gasteiger charge is 2.20. The van der Waals surface area contributed by atoms with Gasteiger partial charge in [-0.2, -0.15) is 0 Å². The molecule has 0 atom stereocenters. The smallest absolute Gasteiger partial charge is 0.124 e. The van der Waals surface area contributed by atoms with E-state index in [0.717, 1.165) is 6.07 Å². The summed E-state index contributed by atoms with van der Waals surface area (Å²) in [5, 5.41) is 10.6. The number of phenolic OH excluding ortho intramolecular Hbond substituents is 1. The Hall–Kier alpha value is -2.41. The minimum Gasteiger partial charge on any atom is -0.744 e. The number of benzene rings is 3. The largest absolute Gasteiger partial charge is 0.744 e. The summed E-state index contributed by atoms with van der Waals surface area (Å²) in [7, 11) is -4.53. The lowest BCUT2D eigenvalue weighted by atomic mass is 10.1. The molecule has 0 aliphatic carbocycles. The number of quaternary nitrogens is 1. The molecule has 0 heterocycles. The number of rotatable bonds is 6. The van der Waals surface area contributed by atoms with Crippen molar-refractivity contribution in [1.82, 2.24) is 0 Å². The quantitative estimate of drug-likeness (QED) is 0.474. The minimum atomic E-state index is -4.53. The predicted molar refractivity (Wildman–Crippen MR) is 116 cm³/mol. The van der Waals surface area contributed by atoms with E-state index in [1.807, 2.05) is 0 Å². The number of hydrogen-bond donors (Lipinski definition) is 1. The van der Waals surface area contributed by atoms with Crippen molar-refractivity contribution in [3.63, 3.8) is 0 Å². The molecule has 0 radical (unpaired) electrons. The van der Waals surface area contributed by atoms with Gasteiger partial charge in [0.2, 0.25) is 0 Å². The molecule has 3 rings (SSSR count). The van der Waals surface area contributed by atoms with E-state index >= 15 is 0 Å². The summed E-state index contributed by atoms with van der Waals surface area (Å²) in [6.45, 7) is 11.7. The molecule has 3 aromatic rings. The van der Waals surface area contributed by atoms with Crippen molar-refractivity contribution in [2.75, 3.05) is 19.6 Å². The van der Waals surface area contributed by atoms with Gasteiger partial charge in [0.25, 0.3) is 0 Å². The molecule has 0 saturated carbocycles. The lowest BCUT2D eigenvalue weighted by molar-refractivity contribution is -0.936. The lowest BCUT2D eigenvalue weighted by Crippen LogP contribution is -2.46. The maximum atomic E-state index is 10.8. The van der Waals surface area contributed by atoms with Crippen LogP contribution in [-0.2, 0) is 16.7 Å². The monoisotopic (exact) mass is 415 g/mol. The van der Waals surface area contributed by atoms with Gasteiger partial charge in [-0.05, 0) is 38.3 Å². The van der Waals surface area contributed by atoms with E-state index in [4.69, 9.17) is 0 Å². The Labute approximate surface area is 173 Å². The highest BCUT2D eigenvalue weighted by Crippen LogP contribution is 2.28. The molecule has 0 aliphatic heterocycles. The summed E-state index contributed by atoms with van der Waals surface area (Å²) in [6.07, 6.45) is 0.